The van der Waals surface area contributed by atoms with Gasteiger partial charge < -0.3 is 0 Å². The van der Waals surface area contributed by atoms with Crippen molar-refractivity contribution in [2.24, 2.45) is 0 Å². The highest BCUT2D eigenvalue weighted by molar-refractivity contribution is 5.43. The molecule has 0 bridgehead atoms. The van der Waals surface area contributed by atoms with E-state index in [9.17, 15) is 0 Å². The van der Waals surface area contributed by atoms with E-state index in [1.807, 2.05) is 6.07 Å². The van der Waals surface area contributed by atoms with Crippen LogP contribution in [0.1, 0.15) is 81.9 Å². The van der Waals surface area contributed by atoms with Crippen LogP contribution < -0.4 is 0 Å². The minimum absolute atomic E-state index is 0.420. The van der Waals surface area contributed by atoms with Crippen LogP contribution >= 0.6 is 0 Å². The molecule has 0 radical (unpaired) electrons. The van der Waals surface area contributed by atoms with Gasteiger partial charge in [-0.25, -0.2) is 0 Å². The fourth-order valence-corrected chi connectivity index (χ4v) is 2.59. The van der Waals surface area contributed by atoms with Crippen LogP contribution in [0.2, 0.25) is 0 Å². The molecule has 1 aromatic carbocycles. The molecule has 1 nitrogen and oxygen atoms in total. The van der Waals surface area contributed by atoms with Crippen LogP contribution in [-0.4, -0.2) is 0 Å². The molecule has 0 N–H and O–H groups in total. The van der Waals surface area contributed by atoms with Gasteiger partial charge in [-0.15, -0.1) is 0 Å². The number of hydrogen-bond acceptors (Lipinski definition) is 1. The van der Waals surface area contributed by atoms with Gasteiger partial charge in [0.05, 0.1) is 11.6 Å². The second-order valence-corrected chi connectivity index (χ2v) is 5.39. The fraction of sp³-hybridized carbons (Fsp3) is 0.588. The van der Waals surface area contributed by atoms with Gasteiger partial charge in [0, 0.05) is 0 Å². The van der Waals surface area contributed by atoms with Crippen LogP contribution in [0, 0.1) is 11.3 Å². The van der Waals surface area contributed by atoms with E-state index in [2.05, 4.69) is 45.9 Å². The van der Waals surface area contributed by atoms with Crippen molar-refractivity contribution < 1.29 is 0 Å². The first kappa shape index (κ1) is 14.8. The highest BCUT2D eigenvalue weighted by Gasteiger charge is 2.13. The maximum Gasteiger partial charge on any atom is 0.0994 e. The Bertz CT molecular complexity index is 406. The van der Waals surface area contributed by atoms with Gasteiger partial charge in [0.1, 0.15) is 0 Å². The summed E-state index contributed by atoms with van der Waals surface area (Å²) in [6, 6.07) is 8.73. The van der Waals surface area contributed by atoms with Gasteiger partial charge in [-0.2, -0.15) is 5.26 Å². The summed E-state index contributed by atoms with van der Waals surface area (Å²) in [4.78, 5) is 0. The Morgan fingerprint density at radius 2 is 1.72 bits per heavy atom. The molecule has 18 heavy (non-hydrogen) atoms. The van der Waals surface area contributed by atoms with Crippen molar-refractivity contribution in [3.8, 4) is 6.07 Å². The Balaban J connectivity index is 3.09. The normalized spacial score (nSPS) is 10.9. The van der Waals surface area contributed by atoms with Gasteiger partial charge in [-0.1, -0.05) is 52.7 Å². The van der Waals surface area contributed by atoms with Crippen molar-refractivity contribution in [1.29, 1.82) is 5.26 Å². The molecule has 1 heteroatoms. The lowest BCUT2D eigenvalue weighted by molar-refractivity contribution is 0.560. The lowest BCUT2D eigenvalue weighted by Crippen LogP contribution is -2.02. The summed E-state index contributed by atoms with van der Waals surface area (Å²) in [5.74, 6) is 1.08. The molecule has 0 spiro atoms. The zero-order valence-corrected chi connectivity index (χ0v) is 12.2. The van der Waals surface area contributed by atoms with Gasteiger partial charge in [0.2, 0.25) is 0 Å². The molecule has 98 valence electrons. The second-order valence-electron chi connectivity index (χ2n) is 5.39. The molecule has 0 saturated heterocycles. The number of nitriles is 1. The molecule has 0 aliphatic rings. The molecule has 0 unspecified atom stereocenters. The summed E-state index contributed by atoms with van der Waals surface area (Å²) < 4.78 is 0. The first-order valence-electron chi connectivity index (χ1n) is 7.17. The summed E-state index contributed by atoms with van der Waals surface area (Å²) in [5.41, 5.74) is 3.45. The third-order valence-electron chi connectivity index (χ3n) is 3.56. The van der Waals surface area contributed by atoms with Crippen LogP contribution in [0.5, 0.6) is 0 Å². The molecule has 0 aliphatic heterocycles. The van der Waals surface area contributed by atoms with Crippen molar-refractivity contribution in [3.63, 3.8) is 0 Å². The van der Waals surface area contributed by atoms with E-state index in [0.29, 0.717) is 11.8 Å². The van der Waals surface area contributed by atoms with E-state index in [1.165, 1.54) is 36.8 Å². The molecule has 0 fully saturated rings. The molecule has 1 rings (SSSR count). The van der Waals surface area contributed by atoms with Gasteiger partial charge >= 0.3 is 0 Å². The van der Waals surface area contributed by atoms with Crippen LogP contribution in [0.4, 0.5) is 0 Å². The van der Waals surface area contributed by atoms with E-state index in [0.717, 1.165) is 5.56 Å². The highest BCUT2D eigenvalue weighted by atomic mass is 14.3. The monoisotopic (exact) mass is 243 g/mol. The molecule has 0 aromatic heterocycles. The Kier molecular flexibility index (Phi) is 5.92. The topological polar surface area (TPSA) is 23.8 Å². The first-order chi connectivity index (χ1) is 8.63. The molecule has 0 atom stereocenters. The van der Waals surface area contributed by atoms with Crippen molar-refractivity contribution in [2.45, 2.75) is 65.2 Å². The van der Waals surface area contributed by atoms with Gasteiger partial charge in [-0.05, 0) is 41.9 Å². The summed E-state index contributed by atoms with van der Waals surface area (Å²) in [6.45, 7) is 8.81. The Hall–Kier alpha value is -1.29. The fourth-order valence-electron chi connectivity index (χ4n) is 2.59. The zero-order valence-electron chi connectivity index (χ0n) is 12.2. The van der Waals surface area contributed by atoms with Crippen molar-refractivity contribution >= 4 is 0 Å². The van der Waals surface area contributed by atoms with Crippen molar-refractivity contribution in [1.82, 2.24) is 0 Å². The maximum atomic E-state index is 9.15. The van der Waals surface area contributed by atoms with E-state index in [4.69, 9.17) is 5.26 Å². The van der Waals surface area contributed by atoms with E-state index < -0.39 is 0 Å². The van der Waals surface area contributed by atoms with Gasteiger partial charge in [-0.3, -0.25) is 0 Å². The maximum absolute atomic E-state index is 9.15. The SMILES string of the molecule is CCCC(CCC)c1ccc(C#N)c(C(C)C)c1. The molecule has 0 aliphatic carbocycles. The third kappa shape index (κ3) is 3.60. The summed E-state index contributed by atoms with van der Waals surface area (Å²) >= 11 is 0. The molecular formula is C17H25N. The van der Waals surface area contributed by atoms with Crippen LogP contribution in [0.3, 0.4) is 0 Å². The highest BCUT2D eigenvalue weighted by Crippen LogP contribution is 2.30. The predicted octanol–water partition coefficient (Wildman–Crippen LogP) is 5.37. The Morgan fingerprint density at radius 3 is 2.17 bits per heavy atom. The van der Waals surface area contributed by atoms with Crippen LogP contribution in [0.15, 0.2) is 18.2 Å². The smallest absolute Gasteiger partial charge is 0.0994 e. The Labute approximate surface area is 112 Å². The van der Waals surface area contributed by atoms with Gasteiger partial charge in [0.25, 0.3) is 0 Å². The first-order valence-corrected chi connectivity index (χ1v) is 7.17. The second kappa shape index (κ2) is 7.21. The lowest BCUT2D eigenvalue weighted by atomic mass is 9.86. The van der Waals surface area contributed by atoms with E-state index in [1.54, 1.807) is 0 Å². The predicted molar refractivity (Wildman–Crippen MR) is 77.8 cm³/mol. The van der Waals surface area contributed by atoms with Crippen LogP contribution in [-0.2, 0) is 0 Å². The lowest BCUT2D eigenvalue weighted by Gasteiger charge is -2.18. The minimum Gasteiger partial charge on any atom is -0.192 e. The number of nitrogens with zero attached hydrogens (tertiary/aromatic N) is 1. The van der Waals surface area contributed by atoms with Crippen molar-refractivity contribution in [2.75, 3.05) is 0 Å². The van der Waals surface area contributed by atoms with Gasteiger partial charge in [0.15, 0.2) is 0 Å². The Morgan fingerprint density at radius 1 is 1.11 bits per heavy atom. The minimum atomic E-state index is 0.420. The number of rotatable bonds is 6. The number of benzene rings is 1. The third-order valence-corrected chi connectivity index (χ3v) is 3.56. The van der Waals surface area contributed by atoms with E-state index >= 15 is 0 Å². The molecule has 0 amide bonds. The molecular weight excluding hydrogens is 218 g/mol. The standard InChI is InChI=1S/C17H25N/c1-5-7-14(8-6-2)15-9-10-16(12-18)17(11-15)13(3)4/h9-11,13-14H,5-8H2,1-4H3. The van der Waals surface area contributed by atoms with Crippen molar-refractivity contribution in [3.05, 3.63) is 34.9 Å². The quantitative estimate of drug-likeness (QED) is 0.659. The molecule has 1 aromatic rings. The summed E-state index contributed by atoms with van der Waals surface area (Å²) in [6.07, 6.45) is 4.94. The van der Waals surface area contributed by atoms with Crippen LogP contribution in [0.25, 0.3) is 0 Å². The zero-order chi connectivity index (χ0) is 13.5. The largest absolute Gasteiger partial charge is 0.192 e. The average molecular weight is 243 g/mol. The molecule has 0 heterocycles. The molecule has 0 saturated carbocycles. The number of hydrogen-bond donors (Lipinski definition) is 0. The average Bonchev–Trinajstić information content (AvgIpc) is 2.37. The summed E-state index contributed by atoms with van der Waals surface area (Å²) in [7, 11) is 0. The summed E-state index contributed by atoms with van der Waals surface area (Å²) in [5, 5.41) is 9.15. The van der Waals surface area contributed by atoms with E-state index in [-0.39, 0.29) is 0 Å².